The predicted octanol–water partition coefficient (Wildman–Crippen LogP) is 5.05. The van der Waals surface area contributed by atoms with E-state index >= 15 is 0 Å². The van der Waals surface area contributed by atoms with Gasteiger partial charge in [0, 0.05) is 0 Å². The molecule has 0 heterocycles. The van der Waals surface area contributed by atoms with Gasteiger partial charge in [-0.25, -0.2) is 0 Å². The van der Waals surface area contributed by atoms with E-state index < -0.39 is 20.8 Å². The molecule has 0 amide bonds. The van der Waals surface area contributed by atoms with Gasteiger partial charge in [0.15, 0.2) is 0 Å². The van der Waals surface area contributed by atoms with E-state index in [1.54, 1.807) is 0 Å². The Hall–Kier alpha value is 2.02. The molecule has 26 heavy (non-hydrogen) atoms. The van der Waals surface area contributed by atoms with Crippen LogP contribution in [0.2, 0.25) is 12.6 Å². The normalized spacial score (nSPS) is 26.5. The minimum absolute atomic E-state index is 0. The monoisotopic (exact) mass is 536 g/mol. The number of halogens is 4. The summed E-state index contributed by atoms with van der Waals surface area (Å²) in [4.78, 5) is 0. The van der Waals surface area contributed by atoms with Gasteiger partial charge < -0.3 is 38.7 Å². The zero-order valence-corrected chi connectivity index (χ0v) is 23.4. The number of hydrogen-bond donors (Lipinski definition) is 0. The summed E-state index contributed by atoms with van der Waals surface area (Å²) < 4.78 is 0. The van der Waals surface area contributed by atoms with Crippen molar-refractivity contribution in [3.05, 3.63) is 39.2 Å². The summed E-state index contributed by atoms with van der Waals surface area (Å²) in [5, 5.41) is 0. The first-order valence-electron chi connectivity index (χ1n) is 8.88. The zero-order chi connectivity index (χ0) is 17.2. The van der Waals surface area contributed by atoms with E-state index in [4.69, 9.17) is 28.5 Å². The molecule has 7 heteroatoms. The molecule has 0 aromatic heterocycles. The average molecular weight is 539 g/mol. The molecular formula is C19H36BCl4PZr-2. The fourth-order valence-corrected chi connectivity index (χ4v) is 6.09. The Labute approximate surface area is 195 Å². The second-order valence-corrected chi connectivity index (χ2v) is 14.3. The summed E-state index contributed by atoms with van der Waals surface area (Å²) in [7, 11) is 10.1. The maximum absolute atomic E-state index is 5.97. The number of rotatable bonds is 2. The van der Waals surface area contributed by atoms with Crippen molar-refractivity contribution in [3.8, 4) is 0 Å². The molecule has 3 aliphatic rings. The Morgan fingerprint density at radius 2 is 1.46 bits per heavy atom. The van der Waals surface area contributed by atoms with E-state index in [2.05, 4.69) is 44.5 Å². The van der Waals surface area contributed by atoms with Crippen LogP contribution in [-0.2, 0) is 20.8 Å². The molecule has 2 fully saturated rings. The van der Waals surface area contributed by atoms with Gasteiger partial charge >= 0.3 is 37.9 Å². The first-order chi connectivity index (χ1) is 11.0. The minimum atomic E-state index is -0.826. The molecular weight excluding hydrogens is 503 g/mol. The fraction of sp³-hybridized carbons (Fsp3) is 0.684. The summed E-state index contributed by atoms with van der Waals surface area (Å²) in [6, 6.07) is 0. The average Bonchev–Trinajstić information content (AvgIpc) is 3.18. The molecule has 2 saturated carbocycles. The van der Waals surface area contributed by atoms with Crippen LogP contribution in [0.4, 0.5) is 0 Å². The Morgan fingerprint density at radius 1 is 0.962 bits per heavy atom. The third-order valence-corrected chi connectivity index (χ3v) is 7.84. The molecule has 0 aliphatic heterocycles. The summed E-state index contributed by atoms with van der Waals surface area (Å²) in [6.45, 7) is 7.04. The second-order valence-electron chi connectivity index (χ2n) is 7.17. The van der Waals surface area contributed by atoms with Crippen molar-refractivity contribution < 1.29 is 33.3 Å². The van der Waals surface area contributed by atoms with Crippen molar-refractivity contribution in [1.82, 2.24) is 0 Å². The second kappa shape index (κ2) is 19.0. The number of allylic oxidation sites excluding steroid dienone is 4. The van der Waals surface area contributed by atoms with Gasteiger partial charge in [0.1, 0.15) is 0 Å². The molecule has 3 rings (SSSR count). The third kappa shape index (κ3) is 11.9. The molecule has 0 bridgehead atoms. The Balaban J connectivity index is -0.000000336. The summed E-state index contributed by atoms with van der Waals surface area (Å²) in [5.41, 5.74) is 1.01. The molecule has 0 saturated heterocycles. The van der Waals surface area contributed by atoms with Gasteiger partial charge in [0.2, 0.25) is 0 Å². The van der Waals surface area contributed by atoms with Gasteiger partial charge in [-0.05, 0) is 43.7 Å². The Kier molecular flexibility index (Phi) is 23.9. The van der Waals surface area contributed by atoms with Gasteiger partial charge in [0.25, 0.3) is 0 Å². The molecule has 0 N–H and O–H groups in total. The number of hydrogen-bond acceptors (Lipinski definition) is 0. The summed E-state index contributed by atoms with van der Waals surface area (Å²) in [6.07, 6.45) is 17.6. The molecule has 4 atom stereocenters. The third-order valence-electron chi connectivity index (χ3n) is 5.47. The molecule has 4 unspecified atom stereocenters. The fourth-order valence-electron chi connectivity index (χ4n) is 4.10. The predicted molar refractivity (Wildman–Crippen MR) is 123 cm³/mol. The van der Waals surface area contributed by atoms with Crippen LogP contribution in [-0.4, -0.2) is 25.1 Å². The van der Waals surface area contributed by atoms with Crippen LogP contribution in [0.5, 0.6) is 0 Å². The van der Waals surface area contributed by atoms with Gasteiger partial charge in [-0.1, -0.05) is 50.0 Å². The van der Waals surface area contributed by atoms with Crippen LogP contribution in [0.15, 0.2) is 24.3 Å². The topological polar surface area (TPSA) is 0 Å². The quantitative estimate of drug-likeness (QED) is 0.262. The van der Waals surface area contributed by atoms with Gasteiger partial charge in [-0.3, -0.25) is 0 Å². The van der Waals surface area contributed by atoms with Crippen LogP contribution >= 0.6 is 36.4 Å². The maximum atomic E-state index is 5.97. The van der Waals surface area contributed by atoms with Crippen molar-refractivity contribution in [3.63, 3.8) is 0 Å². The first-order valence-corrected chi connectivity index (χ1v) is 18.0. The van der Waals surface area contributed by atoms with E-state index in [0.29, 0.717) is 0 Å². The molecule has 154 valence electrons. The summed E-state index contributed by atoms with van der Waals surface area (Å²) >= 11 is 5.14. The van der Waals surface area contributed by atoms with E-state index in [9.17, 15) is 0 Å². The Morgan fingerprint density at radius 3 is 1.88 bits per heavy atom. The molecule has 0 aromatic carbocycles. The van der Waals surface area contributed by atoms with Gasteiger partial charge in [-0.2, -0.15) is 12.6 Å². The van der Waals surface area contributed by atoms with Crippen molar-refractivity contribution in [2.45, 2.75) is 56.8 Å². The van der Waals surface area contributed by atoms with E-state index in [0.717, 1.165) is 23.3 Å². The van der Waals surface area contributed by atoms with E-state index in [1.807, 2.05) is 0 Å². The first kappa shape index (κ1) is 32.7. The number of fused-ring (bicyclic) bond motifs is 1. The molecule has 0 spiro atoms. The van der Waals surface area contributed by atoms with Crippen molar-refractivity contribution in [1.29, 1.82) is 0 Å². The standard InChI is InChI=1S/C11H17P.C6H13BCl.2CH3.3ClH.Zr/c1-12(2)11-8-7-9-5-3-4-6-10(9)11;1-7(8)6-4-2-3-5-6;;;;;;/h3-6,9-11H,7-8H2,1-2H3;6-7H,2-5H2,1H3;2*1H3;3*1H;/q;3*-1;;;;+4/p-3. The van der Waals surface area contributed by atoms with Gasteiger partial charge in [-0.15, -0.1) is 7.92 Å². The van der Waals surface area contributed by atoms with Crippen LogP contribution in [0.1, 0.15) is 38.5 Å². The molecule has 0 radical (unpaired) electrons. The summed E-state index contributed by atoms with van der Waals surface area (Å²) in [5.74, 6) is 2.68. The molecule has 0 nitrogen and oxygen atoms in total. The van der Waals surface area contributed by atoms with Crippen LogP contribution in [0.3, 0.4) is 0 Å². The zero-order valence-electron chi connectivity index (χ0n) is 17.0. The molecule has 0 aromatic rings. The Bertz CT molecular complexity index is 375. The van der Waals surface area contributed by atoms with Crippen molar-refractivity contribution in [2.24, 2.45) is 11.8 Å². The SMILES string of the molecule is CP(C)C1CCC2C=CC=CC21.C[BH-](Cl)C1CCCC1.[CH3-].[CH3-].[Cl-].[Cl][Zr+2][Cl]. The van der Waals surface area contributed by atoms with Crippen LogP contribution in [0.25, 0.3) is 0 Å². The van der Waals surface area contributed by atoms with Gasteiger partial charge in [0.05, 0.1) is 6.13 Å². The molecule has 3 aliphatic carbocycles. The van der Waals surface area contributed by atoms with Crippen LogP contribution < -0.4 is 12.4 Å². The van der Waals surface area contributed by atoms with Crippen molar-refractivity contribution in [2.75, 3.05) is 13.3 Å². The van der Waals surface area contributed by atoms with Crippen LogP contribution in [0, 0.1) is 26.7 Å². The van der Waals surface area contributed by atoms with E-state index in [-0.39, 0.29) is 41.3 Å². The van der Waals surface area contributed by atoms with Crippen molar-refractivity contribution >= 4 is 42.5 Å². The van der Waals surface area contributed by atoms with E-state index in [1.165, 1.54) is 38.5 Å².